The summed E-state index contributed by atoms with van der Waals surface area (Å²) in [6, 6.07) is 5.86. The highest BCUT2D eigenvalue weighted by Crippen LogP contribution is 2.28. The Hall–Kier alpha value is -4.42. The van der Waals surface area contributed by atoms with Crippen LogP contribution in [0, 0.1) is 11.6 Å². The normalized spacial score (nSPS) is 13.1. The van der Waals surface area contributed by atoms with E-state index in [4.69, 9.17) is 30.4 Å². The van der Waals surface area contributed by atoms with E-state index in [-0.39, 0.29) is 24.3 Å². The molecule has 12 heteroatoms. The Labute approximate surface area is 228 Å². The lowest BCUT2D eigenvalue weighted by molar-refractivity contribution is -0.145. The van der Waals surface area contributed by atoms with Gasteiger partial charge < -0.3 is 28.9 Å². The molecule has 2 atom stereocenters. The van der Waals surface area contributed by atoms with Gasteiger partial charge in [0, 0.05) is 71.3 Å². The van der Waals surface area contributed by atoms with E-state index < -0.39 is 36.0 Å². The van der Waals surface area contributed by atoms with Crippen molar-refractivity contribution in [3.63, 3.8) is 0 Å². The van der Waals surface area contributed by atoms with Crippen LogP contribution in [0.3, 0.4) is 0 Å². The maximum atomic E-state index is 14.1. The highest BCUT2D eigenvalue weighted by molar-refractivity contribution is 5.91. The summed E-state index contributed by atoms with van der Waals surface area (Å²) in [6.45, 7) is 0. The second kappa shape index (κ2) is 12.6. The minimum atomic E-state index is -0.954. The van der Waals surface area contributed by atoms with Crippen LogP contribution in [0.25, 0.3) is 21.8 Å². The number of H-pyrrole nitrogens is 2. The van der Waals surface area contributed by atoms with Gasteiger partial charge in [0.05, 0.1) is 14.2 Å². The monoisotopic (exact) mass is 556 g/mol. The summed E-state index contributed by atoms with van der Waals surface area (Å²) in [5.41, 5.74) is 14.8. The summed E-state index contributed by atoms with van der Waals surface area (Å²) < 4.78 is 48.3. The molecule has 0 bridgehead atoms. The topological polar surface area (TPSA) is 155 Å². The van der Waals surface area contributed by atoms with Crippen molar-refractivity contribution in [2.45, 2.75) is 38.1 Å². The van der Waals surface area contributed by atoms with E-state index in [1.54, 1.807) is 24.5 Å². The van der Waals surface area contributed by atoms with Gasteiger partial charge in [-0.3, -0.25) is 11.5 Å². The molecule has 0 aliphatic heterocycles. The molecule has 2 unspecified atom stereocenters. The van der Waals surface area contributed by atoms with E-state index in [0.29, 0.717) is 34.6 Å². The molecule has 6 N–H and O–H groups in total. The number of benzene rings is 2. The molecule has 0 fully saturated rings. The van der Waals surface area contributed by atoms with Crippen LogP contribution in [0.1, 0.15) is 24.0 Å². The second-order valence-electron chi connectivity index (χ2n) is 9.05. The summed E-state index contributed by atoms with van der Waals surface area (Å²) in [5, 5.41) is 1.35. The molecular weight excluding hydrogens is 526 g/mol. The Kier molecular flexibility index (Phi) is 9.02. The minimum absolute atomic E-state index is 0.130. The van der Waals surface area contributed by atoms with Gasteiger partial charge in [0.1, 0.15) is 0 Å². The highest BCUT2D eigenvalue weighted by Gasteiger charge is 2.15. The molecule has 0 radical (unpaired) electrons. The Balaban J connectivity index is 1.21. The van der Waals surface area contributed by atoms with E-state index in [2.05, 4.69) is 9.97 Å². The van der Waals surface area contributed by atoms with Crippen LogP contribution in [0.2, 0.25) is 0 Å². The fraction of sp³-hybridized carbons (Fsp3) is 0.286. The summed E-state index contributed by atoms with van der Waals surface area (Å²) >= 11 is 0. The highest BCUT2D eigenvalue weighted by atomic mass is 19.1. The number of aromatic nitrogens is 2. The van der Waals surface area contributed by atoms with Crippen molar-refractivity contribution in [3.05, 3.63) is 71.6 Å². The standard InChI is InChI=1S/C28H30F2N4O6/c1-37-23-11-21-17(9-19(23)29)15(13-33-21)3-5-25(31)39-27(35)7-8-28(36)40-26(32)6-4-16-14-34-22-12-24(38-2)20(30)10-18(16)22/h7-14,25-26,33-34H,3-6,31-32H2,1-2H3/b8-7+. The second-order valence-corrected chi connectivity index (χ2v) is 9.05. The number of carbonyl (C=O) groups is 2. The molecule has 212 valence electrons. The zero-order valence-corrected chi connectivity index (χ0v) is 22.0. The predicted molar refractivity (Wildman–Crippen MR) is 144 cm³/mol. The van der Waals surface area contributed by atoms with Gasteiger partial charge in [0.15, 0.2) is 35.6 Å². The van der Waals surface area contributed by atoms with Gasteiger partial charge in [-0.15, -0.1) is 0 Å². The van der Waals surface area contributed by atoms with E-state index in [0.717, 1.165) is 23.3 Å². The Morgan fingerprint density at radius 3 is 1.55 bits per heavy atom. The van der Waals surface area contributed by atoms with Crippen LogP contribution in [0.5, 0.6) is 11.5 Å². The summed E-state index contributed by atoms with van der Waals surface area (Å²) in [4.78, 5) is 30.2. The van der Waals surface area contributed by atoms with Gasteiger partial charge in [-0.05, 0) is 36.1 Å². The molecule has 0 saturated heterocycles. The van der Waals surface area contributed by atoms with Crippen molar-refractivity contribution in [2.24, 2.45) is 11.5 Å². The molecule has 40 heavy (non-hydrogen) atoms. The van der Waals surface area contributed by atoms with E-state index in [9.17, 15) is 18.4 Å². The van der Waals surface area contributed by atoms with Crippen LogP contribution in [-0.2, 0) is 31.9 Å². The number of hydrogen-bond donors (Lipinski definition) is 4. The maximum Gasteiger partial charge on any atom is 0.332 e. The molecular formula is C28H30F2N4O6. The lowest BCUT2D eigenvalue weighted by Crippen LogP contribution is -2.28. The number of rotatable bonds is 12. The number of nitrogens with one attached hydrogen (secondary N) is 2. The number of fused-ring (bicyclic) bond motifs is 2. The third-order valence-electron chi connectivity index (χ3n) is 6.37. The minimum Gasteiger partial charge on any atom is -0.494 e. The molecule has 0 saturated carbocycles. The fourth-order valence-corrected chi connectivity index (χ4v) is 4.32. The molecule has 2 aromatic carbocycles. The molecule has 2 heterocycles. The van der Waals surface area contributed by atoms with E-state index >= 15 is 0 Å². The van der Waals surface area contributed by atoms with Crippen molar-refractivity contribution >= 4 is 33.7 Å². The van der Waals surface area contributed by atoms with Crippen LogP contribution in [0.15, 0.2) is 48.8 Å². The predicted octanol–water partition coefficient (Wildman–Crippen LogP) is 3.72. The summed E-state index contributed by atoms with van der Waals surface area (Å²) in [5.74, 6) is -2.38. The molecule has 0 aliphatic rings. The summed E-state index contributed by atoms with van der Waals surface area (Å²) in [7, 11) is 2.78. The SMILES string of the molecule is COc1cc2[nH]cc(CCC(N)OC(=O)/C=C/C(=O)OC(N)CCc3c[nH]c4cc(OC)c(F)cc34)c2cc1F. The number of carbonyl (C=O) groups excluding carboxylic acids is 2. The third kappa shape index (κ3) is 6.77. The molecule has 0 amide bonds. The van der Waals surface area contributed by atoms with E-state index in [1.165, 1.54) is 26.4 Å². The molecule has 0 aliphatic carbocycles. The van der Waals surface area contributed by atoms with Crippen molar-refractivity contribution in [1.29, 1.82) is 0 Å². The quantitative estimate of drug-likeness (QED) is 0.117. The van der Waals surface area contributed by atoms with Crippen LogP contribution < -0.4 is 20.9 Å². The molecule has 4 rings (SSSR count). The molecule has 0 spiro atoms. The van der Waals surface area contributed by atoms with Gasteiger partial charge in [-0.2, -0.15) is 0 Å². The zero-order chi connectivity index (χ0) is 28.8. The lowest BCUT2D eigenvalue weighted by Gasteiger charge is -2.12. The fourth-order valence-electron chi connectivity index (χ4n) is 4.32. The zero-order valence-electron chi connectivity index (χ0n) is 22.0. The molecule has 2 aromatic heterocycles. The third-order valence-corrected chi connectivity index (χ3v) is 6.37. The Bertz CT molecular complexity index is 1430. The van der Waals surface area contributed by atoms with Crippen LogP contribution >= 0.6 is 0 Å². The number of nitrogens with two attached hydrogens (primary N) is 2. The number of ether oxygens (including phenoxy) is 4. The largest absolute Gasteiger partial charge is 0.494 e. The number of esters is 2. The Morgan fingerprint density at radius 2 is 1.18 bits per heavy atom. The van der Waals surface area contributed by atoms with Gasteiger partial charge in [-0.1, -0.05) is 0 Å². The maximum absolute atomic E-state index is 14.1. The lowest BCUT2D eigenvalue weighted by atomic mass is 10.1. The van der Waals surface area contributed by atoms with Crippen molar-refractivity contribution in [3.8, 4) is 11.5 Å². The summed E-state index contributed by atoms with van der Waals surface area (Å²) in [6.07, 6.45) is 4.70. The number of halogens is 2. The van der Waals surface area contributed by atoms with Crippen molar-refractivity contribution < 1.29 is 37.3 Å². The number of aryl methyl sites for hydroxylation is 2. The van der Waals surface area contributed by atoms with Crippen LogP contribution in [0.4, 0.5) is 8.78 Å². The van der Waals surface area contributed by atoms with Gasteiger partial charge in [0.2, 0.25) is 0 Å². The average Bonchev–Trinajstić information content (AvgIpc) is 3.51. The van der Waals surface area contributed by atoms with Crippen LogP contribution in [-0.4, -0.2) is 48.6 Å². The first kappa shape index (κ1) is 28.6. The number of methoxy groups -OCH3 is 2. The van der Waals surface area contributed by atoms with E-state index in [1.807, 2.05) is 0 Å². The molecule has 4 aromatic rings. The first-order valence-corrected chi connectivity index (χ1v) is 12.5. The van der Waals surface area contributed by atoms with Crippen molar-refractivity contribution in [1.82, 2.24) is 9.97 Å². The van der Waals surface area contributed by atoms with Gasteiger partial charge >= 0.3 is 11.9 Å². The smallest absolute Gasteiger partial charge is 0.332 e. The average molecular weight is 557 g/mol. The first-order chi connectivity index (χ1) is 19.2. The van der Waals surface area contributed by atoms with Crippen molar-refractivity contribution in [2.75, 3.05) is 14.2 Å². The van der Waals surface area contributed by atoms with Gasteiger partial charge in [-0.25, -0.2) is 18.4 Å². The van der Waals surface area contributed by atoms with Gasteiger partial charge in [0.25, 0.3) is 0 Å². The Morgan fingerprint density at radius 1 is 0.775 bits per heavy atom. The first-order valence-electron chi connectivity index (χ1n) is 12.5. The number of aromatic amines is 2. The molecule has 10 nitrogen and oxygen atoms in total. The number of hydrogen-bond acceptors (Lipinski definition) is 8.